The molecule has 0 aliphatic carbocycles. The number of hydrogen-bond acceptors (Lipinski definition) is 5. The first-order chi connectivity index (χ1) is 12.9. The van der Waals surface area contributed by atoms with E-state index in [-0.39, 0.29) is 29.7 Å². The Morgan fingerprint density at radius 1 is 1.07 bits per heavy atom. The molecule has 1 aromatic carbocycles. The van der Waals surface area contributed by atoms with Gasteiger partial charge < -0.3 is 9.64 Å². The molecule has 2 atom stereocenters. The van der Waals surface area contributed by atoms with Crippen LogP contribution < -0.4 is 0 Å². The van der Waals surface area contributed by atoms with Gasteiger partial charge in [-0.2, -0.15) is 0 Å². The largest absolute Gasteiger partial charge is 0.381 e. The van der Waals surface area contributed by atoms with Crippen LogP contribution in [0.2, 0.25) is 0 Å². The predicted molar refractivity (Wildman–Crippen MR) is 104 cm³/mol. The summed E-state index contributed by atoms with van der Waals surface area (Å²) in [4.78, 5) is 17.4. The highest BCUT2D eigenvalue weighted by molar-refractivity contribution is 7.91. The maximum atomic E-state index is 12.9. The van der Waals surface area contributed by atoms with E-state index < -0.39 is 9.84 Å². The topological polar surface area (TPSA) is 66.9 Å². The van der Waals surface area contributed by atoms with Crippen molar-refractivity contribution in [3.63, 3.8) is 0 Å². The number of sulfone groups is 1. The van der Waals surface area contributed by atoms with E-state index >= 15 is 0 Å². The Bertz CT molecular complexity index is 732. The number of hydrogen-bond donors (Lipinski definition) is 0. The van der Waals surface area contributed by atoms with E-state index in [2.05, 4.69) is 18.7 Å². The molecule has 0 N–H and O–H groups in total. The molecule has 1 amide bonds. The van der Waals surface area contributed by atoms with E-state index in [1.807, 2.05) is 11.0 Å². The summed E-state index contributed by atoms with van der Waals surface area (Å²) in [6.07, 6.45) is 1.60. The van der Waals surface area contributed by atoms with E-state index in [0.29, 0.717) is 37.7 Å². The number of benzene rings is 1. The van der Waals surface area contributed by atoms with Crippen LogP contribution in [-0.2, 0) is 19.4 Å². The third-order valence-electron chi connectivity index (χ3n) is 6.00. The maximum absolute atomic E-state index is 12.9. The van der Waals surface area contributed by atoms with E-state index in [0.717, 1.165) is 12.8 Å². The molecule has 27 heavy (non-hydrogen) atoms. The monoisotopic (exact) mass is 394 g/mol. The molecule has 2 fully saturated rings. The average molecular weight is 395 g/mol. The second-order valence-electron chi connectivity index (χ2n) is 7.57. The molecule has 1 aromatic rings. The lowest BCUT2D eigenvalue weighted by atomic mass is 9.95. The van der Waals surface area contributed by atoms with Gasteiger partial charge in [0.1, 0.15) is 0 Å². The highest BCUT2D eigenvalue weighted by atomic mass is 32.2. The Morgan fingerprint density at radius 3 is 2.41 bits per heavy atom. The summed E-state index contributed by atoms with van der Waals surface area (Å²) in [5.41, 5.74) is 0. The first-order valence-corrected chi connectivity index (χ1v) is 11.5. The molecule has 0 aromatic heterocycles. The number of nitrogens with zero attached hydrogens (tertiary/aromatic N) is 2. The van der Waals surface area contributed by atoms with Crippen LogP contribution in [0.4, 0.5) is 0 Å². The maximum Gasteiger partial charge on any atom is 0.226 e. The van der Waals surface area contributed by atoms with Crippen LogP contribution in [0.25, 0.3) is 0 Å². The highest BCUT2D eigenvalue weighted by Gasteiger charge is 2.36. The van der Waals surface area contributed by atoms with E-state index in [1.54, 1.807) is 24.3 Å². The van der Waals surface area contributed by atoms with Crippen molar-refractivity contribution in [1.29, 1.82) is 0 Å². The zero-order valence-electron chi connectivity index (χ0n) is 16.2. The second kappa shape index (κ2) is 8.71. The summed E-state index contributed by atoms with van der Waals surface area (Å²) in [6.45, 7) is 7.35. The fraction of sp³-hybridized carbons (Fsp3) is 0.650. The second-order valence-corrected chi connectivity index (χ2v) is 9.68. The predicted octanol–water partition coefficient (Wildman–Crippen LogP) is 1.81. The van der Waals surface area contributed by atoms with Crippen molar-refractivity contribution in [1.82, 2.24) is 9.80 Å². The molecule has 7 heteroatoms. The van der Waals surface area contributed by atoms with Crippen molar-refractivity contribution in [2.75, 3.05) is 38.6 Å². The summed E-state index contributed by atoms with van der Waals surface area (Å²) in [7, 11) is -3.28. The van der Waals surface area contributed by atoms with Gasteiger partial charge in [-0.05, 0) is 38.8 Å². The molecule has 6 nitrogen and oxygen atoms in total. The van der Waals surface area contributed by atoms with Gasteiger partial charge in [0, 0.05) is 50.8 Å². The zero-order chi connectivity index (χ0) is 19.4. The highest BCUT2D eigenvalue weighted by Crippen LogP contribution is 2.24. The van der Waals surface area contributed by atoms with Gasteiger partial charge in [-0.15, -0.1) is 0 Å². The Balaban J connectivity index is 1.58. The van der Waals surface area contributed by atoms with Gasteiger partial charge in [0.15, 0.2) is 9.84 Å². The average Bonchev–Trinajstić information content (AvgIpc) is 2.70. The summed E-state index contributed by atoms with van der Waals surface area (Å²) < 4.78 is 30.4. The summed E-state index contributed by atoms with van der Waals surface area (Å²) in [6, 6.07) is 8.81. The minimum Gasteiger partial charge on any atom is -0.381 e. The molecule has 0 spiro atoms. The Kier molecular flexibility index (Phi) is 6.55. The number of piperazine rings is 1. The normalized spacial score (nSPS) is 25.5. The molecule has 0 bridgehead atoms. The lowest BCUT2D eigenvalue weighted by molar-refractivity contribution is -0.144. The van der Waals surface area contributed by atoms with Crippen LogP contribution in [0, 0.1) is 5.92 Å². The van der Waals surface area contributed by atoms with Crippen molar-refractivity contribution < 1.29 is 17.9 Å². The minimum atomic E-state index is -3.28. The Labute approximate surface area is 162 Å². The molecular weight excluding hydrogens is 364 g/mol. The van der Waals surface area contributed by atoms with E-state index in [9.17, 15) is 13.2 Å². The lowest BCUT2D eigenvalue weighted by Gasteiger charge is -2.46. The Hall–Kier alpha value is -1.44. The molecule has 150 valence electrons. The van der Waals surface area contributed by atoms with Crippen molar-refractivity contribution in [3.05, 3.63) is 30.3 Å². The van der Waals surface area contributed by atoms with Crippen molar-refractivity contribution in [2.24, 2.45) is 5.92 Å². The van der Waals surface area contributed by atoms with Crippen LogP contribution >= 0.6 is 0 Å². The number of ether oxygens (including phenoxy) is 1. The number of rotatable bonds is 5. The molecule has 0 unspecified atom stereocenters. The van der Waals surface area contributed by atoms with Gasteiger partial charge in [-0.25, -0.2) is 8.42 Å². The van der Waals surface area contributed by atoms with Gasteiger partial charge >= 0.3 is 0 Å². The van der Waals surface area contributed by atoms with Crippen LogP contribution in [0.3, 0.4) is 0 Å². The molecule has 0 radical (unpaired) electrons. The van der Waals surface area contributed by atoms with E-state index in [1.165, 1.54) is 0 Å². The number of amides is 1. The molecule has 2 aliphatic rings. The number of carbonyl (C=O) groups excluding carboxylic acids is 1. The molecule has 2 aliphatic heterocycles. The molecule has 2 heterocycles. The number of carbonyl (C=O) groups is 1. The third-order valence-corrected chi connectivity index (χ3v) is 7.71. The summed E-state index contributed by atoms with van der Waals surface area (Å²) in [5, 5.41) is 0. The minimum absolute atomic E-state index is 0.0680. The molecular formula is C20H30N2O4S. The lowest BCUT2D eigenvalue weighted by Crippen LogP contribution is -2.60. The van der Waals surface area contributed by atoms with Crippen LogP contribution in [0.15, 0.2) is 35.2 Å². The van der Waals surface area contributed by atoms with Gasteiger partial charge in [-0.1, -0.05) is 18.2 Å². The van der Waals surface area contributed by atoms with Crippen LogP contribution in [0.5, 0.6) is 0 Å². The van der Waals surface area contributed by atoms with Crippen molar-refractivity contribution in [2.45, 2.75) is 43.7 Å². The van der Waals surface area contributed by atoms with Crippen LogP contribution in [0.1, 0.15) is 26.7 Å². The van der Waals surface area contributed by atoms with Gasteiger partial charge in [0.2, 0.25) is 5.91 Å². The summed E-state index contributed by atoms with van der Waals surface area (Å²) >= 11 is 0. The fourth-order valence-corrected chi connectivity index (χ4v) is 5.28. The van der Waals surface area contributed by atoms with Crippen LogP contribution in [-0.4, -0.2) is 74.8 Å². The first-order valence-electron chi connectivity index (χ1n) is 9.80. The third kappa shape index (κ3) is 4.70. The smallest absolute Gasteiger partial charge is 0.226 e. The summed E-state index contributed by atoms with van der Waals surface area (Å²) in [5.74, 6) is 0.398. The zero-order valence-corrected chi connectivity index (χ0v) is 17.0. The molecule has 3 rings (SSSR count). The Morgan fingerprint density at radius 2 is 1.74 bits per heavy atom. The van der Waals surface area contributed by atoms with Crippen molar-refractivity contribution in [3.8, 4) is 0 Å². The van der Waals surface area contributed by atoms with Gasteiger partial charge in [0.05, 0.1) is 10.6 Å². The van der Waals surface area contributed by atoms with Gasteiger partial charge in [-0.3, -0.25) is 9.69 Å². The fourth-order valence-electron chi connectivity index (χ4n) is 4.00. The van der Waals surface area contributed by atoms with Gasteiger partial charge in [0.25, 0.3) is 0 Å². The van der Waals surface area contributed by atoms with E-state index in [4.69, 9.17) is 4.74 Å². The standard InChI is InChI=1S/C20H30N2O4S/c1-16-17(2)22(20(23)18-8-13-26-14-9-18)11-10-21(16)12-15-27(24,25)19-6-4-3-5-7-19/h3-7,16-18H,8-15H2,1-2H3/t16-,17-/m1/s1. The SMILES string of the molecule is C[C@@H]1[C@@H](C)N(C(=O)C2CCOCC2)CCN1CCS(=O)(=O)c1ccccc1. The first kappa shape index (κ1) is 20.3. The molecule has 2 saturated heterocycles. The quantitative estimate of drug-likeness (QED) is 0.762. The van der Waals surface area contributed by atoms with Crippen molar-refractivity contribution >= 4 is 15.7 Å². The molecule has 0 saturated carbocycles.